The molecule has 1 rings (SSSR count). The predicted octanol–water partition coefficient (Wildman–Crippen LogP) is 0.170. The van der Waals surface area contributed by atoms with Crippen molar-refractivity contribution in [2.24, 2.45) is 0 Å². The number of nitrogens with zero attached hydrogens (tertiary/aromatic N) is 2. The Bertz CT molecular complexity index is 321. The highest BCUT2D eigenvalue weighted by Gasteiger charge is 2.14. The molecule has 0 bridgehead atoms. The first-order chi connectivity index (χ1) is 6.69. The first-order valence-electron chi connectivity index (χ1n) is 4.74. The Morgan fingerprint density at radius 3 is 2.64 bits per heavy atom. The summed E-state index contributed by atoms with van der Waals surface area (Å²) in [7, 11) is 0. The molecule has 76 valence electrons. The lowest BCUT2D eigenvalue weighted by Crippen LogP contribution is -2.44. The fourth-order valence-corrected chi connectivity index (χ4v) is 1.31. The maximum Gasteiger partial charge on any atom is 0.260 e. The minimum Gasteiger partial charge on any atom is -0.339 e. The first kappa shape index (κ1) is 10.5. The Labute approximate surface area is 83.9 Å². The Morgan fingerprint density at radius 2 is 2.14 bits per heavy atom. The molecule has 0 spiro atoms. The van der Waals surface area contributed by atoms with Crippen molar-refractivity contribution in [3.63, 3.8) is 0 Å². The molecule has 0 unspecified atom stereocenters. The van der Waals surface area contributed by atoms with Gasteiger partial charge in [-0.2, -0.15) is 0 Å². The largest absolute Gasteiger partial charge is 0.339 e. The number of hydrogen-bond acceptors (Lipinski definition) is 2. The van der Waals surface area contributed by atoms with Gasteiger partial charge in [0.1, 0.15) is 5.56 Å². The summed E-state index contributed by atoms with van der Waals surface area (Å²) in [4.78, 5) is 13.6. The molecule has 2 N–H and O–H groups in total. The summed E-state index contributed by atoms with van der Waals surface area (Å²) in [6, 6.07) is 3.53. The zero-order chi connectivity index (χ0) is 10.6. The monoisotopic (exact) mass is 194 g/mol. The molecule has 4 nitrogen and oxygen atoms in total. The number of rotatable bonds is 3. The van der Waals surface area contributed by atoms with Gasteiger partial charge in [0.05, 0.1) is 0 Å². The highest BCUT2D eigenvalue weighted by molar-refractivity contribution is 5.93. The van der Waals surface area contributed by atoms with Gasteiger partial charge in [0.25, 0.3) is 5.91 Å². The molecule has 0 aromatic carbocycles. The van der Waals surface area contributed by atoms with Crippen molar-refractivity contribution in [2.75, 3.05) is 18.9 Å². The minimum absolute atomic E-state index is 0.0230. The molecule has 0 aliphatic heterocycles. The van der Waals surface area contributed by atoms with E-state index in [4.69, 9.17) is 5.84 Å². The number of carbonyl (C=O) groups is 1. The molecule has 0 atom stereocenters. The van der Waals surface area contributed by atoms with Crippen LogP contribution in [-0.4, -0.2) is 23.9 Å². The molecular weight excluding hydrogens is 178 g/mol. The lowest BCUT2D eigenvalue weighted by molar-refractivity contribution is -0.639. The molecule has 0 radical (unpaired) electrons. The number of carbonyl (C=O) groups excluding carboxylic acids is 1. The minimum atomic E-state index is 0.0230. The molecule has 4 heteroatoms. The average molecular weight is 194 g/mol. The van der Waals surface area contributed by atoms with Gasteiger partial charge in [0, 0.05) is 19.2 Å². The molecule has 0 aliphatic carbocycles. The van der Waals surface area contributed by atoms with Crippen LogP contribution < -0.4 is 10.5 Å². The molecule has 1 heterocycles. The summed E-state index contributed by atoms with van der Waals surface area (Å²) in [5.74, 6) is 5.55. The van der Waals surface area contributed by atoms with E-state index in [1.165, 1.54) is 4.68 Å². The average Bonchev–Trinajstić information content (AvgIpc) is 2.19. The fourth-order valence-electron chi connectivity index (χ4n) is 1.31. The molecule has 1 amide bonds. The Kier molecular flexibility index (Phi) is 3.45. The highest BCUT2D eigenvalue weighted by atomic mass is 16.2. The van der Waals surface area contributed by atoms with Gasteiger partial charge in [-0.1, -0.05) is 4.68 Å². The zero-order valence-electron chi connectivity index (χ0n) is 8.60. The van der Waals surface area contributed by atoms with Gasteiger partial charge in [-0.3, -0.25) is 4.79 Å². The van der Waals surface area contributed by atoms with E-state index in [1.54, 1.807) is 29.4 Å². The van der Waals surface area contributed by atoms with Crippen LogP contribution in [0.5, 0.6) is 0 Å². The molecular formula is C10H16N3O+. The number of amides is 1. The van der Waals surface area contributed by atoms with Crippen LogP contribution in [-0.2, 0) is 0 Å². The Balaban J connectivity index is 2.88. The summed E-state index contributed by atoms with van der Waals surface area (Å²) < 4.78 is 1.39. The second-order valence-electron chi connectivity index (χ2n) is 3.02. The van der Waals surface area contributed by atoms with Crippen molar-refractivity contribution in [1.29, 1.82) is 0 Å². The second kappa shape index (κ2) is 4.60. The molecule has 0 fully saturated rings. The SMILES string of the molecule is CCN(CC)C(=O)c1ccc[n+](N)c1. The van der Waals surface area contributed by atoms with Gasteiger partial charge < -0.3 is 4.90 Å². The van der Waals surface area contributed by atoms with Crippen molar-refractivity contribution >= 4 is 5.91 Å². The van der Waals surface area contributed by atoms with E-state index in [0.717, 1.165) is 13.1 Å². The van der Waals surface area contributed by atoms with E-state index >= 15 is 0 Å². The van der Waals surface area contributed by atoms with Gasteiger partial charge in [0.15, 0.2) is 6.20 Å². The lowest BCUT2D eigenvalue weighted by atomic mass is 10.2. The normalized spacial score (nSPS) is 9.86. The lowest BCUT2D eigenvalue weighted by Gasteiger charge is -2.17. The van der Waals surface area contributed by atoms with Gasteiger partial charge in [-0.05, 0) is 19.9 Å². The molecule has 1 aromatic rings. The van der Waals surface area contributed by atoms with E-state index in [9.17, 15) is 4.79 Å². The molecule has 0 saturated carbocycles. The molecule has 0 aliphatic rings. The van der Waals surface area contributed by atoms with Crippen molar-refractivity contribution in [2.45, 2.75) is 13.8 Å². The van der Waals surface area contributed by atoms with Crippen LogP contribution in [0.4, 0.5) is 0 Å². The van der Waals surface area contributed by atoms with E-state index in [1.807, 2.05) is 13.8 Å². The summed E-state index contributed by atoms with van der Waals surface area (Å²) >= 11 is 0. The summed E-state index contributed by atoms with van der Waals surface area (Å²) in [6.45, 7) is 5.35. The van der Waals surface area contributed by atoms with E-state index in [0.29, 0.717) is 5.56 Å². The van der Waals surface area contributed by atoms with Crippen LogP contribution in [0.2, 0.25) is 0 Å². The molecule has 1 aromatic heterocycles. The van der Waals surface area contributed by atoms with Crippen LogP contribution in [0.15, 0.2) is 24.5 Å². The van der Waals surface area contributed by atoms with Crippen LogP contribution in [0.3, 0.4) is 0 Å². The Hall–Kier alpha value is -1.58. The highest BCUT2D eigenvalue weighted by Crippen LogP contribution is 2.01. The van der Waals surface area contributed by atoms with Gasteiger partial charge in [-0.25, -0.2) is 5.84 Å². The van der Waals surface area contributed by atoms with Gasteiger partial charge >= 0.3 is 0 Å². The maximum atomic E-state index is 11.8. The molecule has 14 heavy (non-hydrogen) atoms. The second-order valence-corrected chi connectivity index (χ2v) is 3.02. The quantitative estimate of drug-likeness (QED) is 0.551. The summed E-state index contributed by atoms with van der Waals surface area (Å²) in [5, 5.41) is 0. The molecule has 0 saturated heterocycles. The smallest absolute Gasteiger partial charge is 0.260 e. The zero-order valence-corrected chi connectivity index (χ0v) is 8.60. The van der Waals surface area contributed by atoms with Crippen molar-refractivity contribution in [1.82, 2.24) is 4.90 Å². The predicted molar refractivity (Wildman–Crippen MR) is 54.0 cm³/mol. The van der Waals surface area contributed by atoms with Crippen molar-refractivity contribution in [3.8, 4) is 0 Å². The third-order valence-corrected chi connectivity index (χ3v) is 2.12. The van der Waals surface area contributed by atoms with Crippen LogP contribution in [0, 0.1) is 0 Å². The Morgan fingerprint density at radius 1 is 1.50 bits per heavy atom. The van der Waals surface area contributed by atoms with Crippen LogP contribution in [0.1, 0.15) is 24.2 Å². The summed E-state index contributed by atoms with van der Waals surface area (Å²) in [5.41, 5.74) is 0.624. The van der Waals surface area contributed by atoms with Crippen molar-refractivity contribution in [3.05, 3.63) is 30.1 Å². The van der Waals surface area contributed by atoms with Crippen LogP contribution >= 0.6 is 0 Å². The summed E-state index contributed by atoms with van der Waals surface area (Å²) in [6.07, 6.45) is 3.32. The first-order valence-corrected chi connectivity index (χ1v) is 4.74. The number of pyridine rings is 1. The fraction of sp³-hybridized carbons (Fsp3) is 0.400. The number of nitrogens with two attached hydrogens (primary N) is 1. The van der Waals surface area contributed by atoms with E-state index in [-0.39, 0.29) is 5.91 Å². The number of hydrogen-bond donors (Lipinski definition) is 1. The van der Waals surface area contributed by atoms with Gasteiger partial charge in [-0.15, -0.1) is 0 Å². The van der Waals surface area contributed by atoms with E-state index < -0.39 is 0 Å². The third-order valence-electron chi connectivity index (χ3n) is 2.12. The van der Waals surface area contributed by atoms with Crippen molar-refractivity contribution < 1.29 is 9.47 Å². The number of aromatic nitrogens is 1. The van der Waals surface area contributed by atoms with Crippen LogP contribution in [0.25, 0.3) is 0 Å². The number of nitrogen functional groups attached to an aromatic ring is 1. The third kappa shape index (κ3) is 2.22. The maximum absolute atomic E-state index is 11.8. The van der Waals surface area contributed by atoms with Gasteiger partial charge in [0.2, 0.25) is 6.20 Å². The topological polar surface area (TPSA) is 50.2 Å². The van der Waals surface area contributed by atoms with E-state index in [2.05, 4.69) is 0 Å². The standard InChI is InChI=1S/C10H16N3O/c1-3-12(4-2)10(14)9-6-5-7-13(11)8-9/h5-8H,3-4,11H2,1-2H3/q+1.